The highest BCUT2D eigenvalue weighted by atomic mass is 32.1. The standard InChI is InChI=1S/C12H17N3O3S/c16-11(17)5-9-2-4-15(6-9)12(18)13-3-1-10-7-19-8-14-10/h7-9H,1-6H2,(H,13,18)(H,16,17). The maximum absolute atomic E-state index is 11.9. The number of rotatable bonds is 5. The fourth-order valence-electron chi connectivity index (χ4n) is 2.20. The molecule has 0 spiro atoms. The minimum absolute atomic E-state index is 0.0850. The first kappa shape index (κ1) is 13.8. The zero-order valence-electron chi connectivity index (χ0n) is 10.5. The molecule has 2 heterocycles. The van der Waals surface area contributed by atoms with Gasteiger partial charge in [0.15, 0.2) is 0 Å². The smallest absolute Gasteiger partial charge is 0.317 e. The van der Waals surface area contributed by atoms with E-state index in [-0.39, 0.29) is 18.4 Å². The second-order valence-electron chi connectivity index (χ2n) is 4.66. The molecule has 7 heteroatoms. The van der Waals surface area contributed by atoms with Crippen molar-refractivity contribution < 1.29 is 14.7 Å². The number of likely N-dealkylation sites (tertiary alicyclic amines) is 1. The molecule has 0 radical (unpaired) electrons. The molecule has 2 rings (SSSR count). The molecule has 2 N–H and O–H groups in total. The fraction of sp³-hybridized carbons (Fsp3) is 0.583. The number of nitrogens with one attached hydrogen (secondary N) is 1. The van der Waals surface area contributed by atoms with E-state index in [1.54, 1.807) is 10.4 Å². The first-order valence-corrected chi connectivity index (χ1v) is 7.21. The van der Waals surface area contributed by atoms with E-state index >= 15 is 0 Å². The monoisotopic (exact) mass is 283 g/mol. The first-order chi connectivity index (χ1) is 9.15. The van der Waals surface area contributed by atoms with E-state index < -0.39 is 5.97 Å². The lowest BCUT2D eigenvalue weighted by Gasteiger charge is -2.16. The summed E-state index contributed by atoms with van der Waals surface area (Å²) >= 11 is 1.54. The largest absolute Gasteiger partial charge is 0.481 e. The number of hydrogen-bond acceptors (Lipinski definition) is 4. The second kappa shape index (κ2) is 6.51. The number of carbonyl (C=O) groups is 2. The number of amides is 2. The molecule has 1 aromatic rings. The van der Waals surface area contributed by atoms with Crippen molar-refractivity contribution in [3.05, 3.63) is 16.6 Å². The van der Waals surface area contributed by atoms with E-state index in [9.17, 15) is 9.59 Å². The van der Waals surface area contributed by atoms with E-state index in [0.717, 1.165) is 18.5 Å². The average Bonchev–Trinajstić information content (AvgIpc) is 2.99. The van der Waals surface area contributed by atoms with Gasteiger partial charge in [-0.15, -0.1) is 11.3 Å². The number of thiazole rings is 1. The van der Waals surface area contributed by atoms with Gasteiger partial charge >= 0.3 is 12.0 Å². The van der Waals surface area contributed by atoms with Gasteiger partial charge in [0.2, 0.25) is 0 Å². The topological polar surface area (TPSA) is 82.5 Å². The molecule has 1 saturated heterocycles. The van der Waals surface area contributed by atoms with Crippen LogP contribution in [0.25, 0.3) is 0 Å². The maximum atomic E-state index is 11.9. The Morgan fingerprint density at radius 1 is 1.58 bits per heavy atom. The molecule has 0 aliphatic carbocycles. The number of hydrogen-bond donors (Lipinski definition) is 2. The Hall–Kier alpha value is -1.63. The molecular formula is C12H17N3O3S. The summed E-state index contributed by atoms with van der Waals surface area (Å²) in [5.74, 6) is -0.711. The molecule has 1 atom stereocenters. The summed E-state index contributed by atoms with van der Waals surface area (Å²) in [6.07, 6.45) is 1.63. The lowest BCUT2D eigenvalue weighted by molar-refractivity contribution is -0.138. The minimum atomic E-state index is -0.796. The SMILES string of the molecule is O=C(O)CC1CCN(C(=O)NCCc2cscn2)C1. The summed E-state index contributed by atoms with van der Waals surface area (Å²) in [7, 11) is 0. The molecular weight excluding hydrogens is 266 g/mol. The van der Waals surface area contributed by atoms with Gasteiger partial charge in [-0.05, 0) is 12.3 Å². The van der Waals surface area contributed by atoms with Crippen molar-refractivity contribution in [3.63, 3.8) is 0 Å². The van der Waals surface area contributed by atoms with Crippen molar-refractivity contribution in [1.29, 1.82) is 0 Å². The number of aliphatic carboxylic acids is 1. The van der Waals surface area contributed by atoms with Crippen LogP contribution >= 0.6 is 11.3 Å². The number of aromatic nitrogens is 1. The van der Waals surface area contributed by atoms with E-state index in [1.165, 1.54) is 11.3 Å². The molecule has 1 fully saturated rings. The van der Waals surface area contributed by atoms with Gasteiger partial charge in [0.05, 0.1) is 11.2 Å². The highest BCUT2D eigenvalue weighted by Crippen LogP contribution is 2.19. The predicted molar refractivity (Wildman–Crippen MR) is 71.1 cm³/mol. The molecule has 1 aromatic heterocycles. The normalized spacial score (nSPS) is 18.5. The molecule has 2 amide bonds. The number of carboxylic acid groups (broad SMARTS) is 1. The van der Waals surface area contributed by atoms with Crippen LogP contribution in [0, 0.1) is 5.92 Å². The Morgan fingerprint density at radius 3 is 3.11 bits per heavy atom. The minimum Gasteiger partial charge on any atom is -0.481 e. The highest BCUT2D eigenvalue weighted by Gasteiger charge is 2.27. The van der Waals surface area contributed by atoms with Crippen LogP contribution in [-0.2, 0) is 11.2 Å². The summed E-state index contributed by atoms with van der Waals surface area (Å²) in [6, 6.07) is -0.108. The maximum Gasteiger partial charge on any atom is 0.317 e. The molecule has 0 saturated carbocycles. The Bertz CT molecular complexity index is 435. The van der Waals surface area contributed by atoms with Gasteiger partial charge in [-0.2, -0.15) is 0 Å². The number of carboxylic acids is 1. The predicted octanol–water partition coefficient (Wildman–Crippen LogP) is 1.19. The third-order valence-corrected chi connectivity index (χ3v) is 3.81. The van der Waals surface area contributed by atoms with Crippen molar-refractivity contribution in [1.82, 2.24) is 15.2 Å². The Kier molecular flexibility index (Phi) is 4.73. The van der Waals surface area contributed by atoms with E-state index in [0.29, 0.717) is 19.6 Å². The lowest BCUT2D eigenvalue weighted by Crippen LogP contribution is -2.39. The van der Waals surface area contributed by atoms with Crippen LogP contribution < -0.4 is 5.32 Å². The van der Waals surface area contributed by atoms with Crippen molar-refractivity contribution >= 4 is 23.3 Å². The average molecular weight is 283 g/mol. The lowest BCUT2D eigenvalue weighted by atomic mass is 10.1. The zero-order chi connectivity index (χ0) is 13.7. The summed E-state index contributed by atoms with van der Waals surface area (Å²) in [6.45, 7) is 1.73. The Balaban J connectivity index is 1.68. The molecule has 6 nitrogen and oxygen atoms in total. The van der Waals surface area contributed by atoms with Crippen molar-refractivity contribution in [2.75, 3.05) is 19.6 Å². The van der Waals surface area contributed by atoms with Gasteiger partial charge in [-0.25, -0.2) is 9.78 Å². The first-order valence-electron chi connectivity index (χ1n) is 6.27. The Morgan fingerprint density at radius 2 is 2.42 bits per heavy atom. The molecule has 1 unspecified atom stereocenters. The van der Waals surface area contributed by atoms with Crippen LogP contribution in [0.5, 0.6) is 0 Å². The van der Waals surface area contributed by atoms with Crippen LogP contribution in [0.2, 0.25) is 0 Å². The number of urea groups is 1. The van der Waals surface area contributed by atoms with Gasteiger partial charge in [0, 0.05) is 37.9 Å². The van der Waals surface area contributed by atoms with E-state index in [4.69, 9.17) is 5.11 Å². The van der Waals surface area contributed by atoms with Gasteiger partial charge in [0.25, 0.3) is 0 Å². The van der Waals surface area contributed by atoms with Crippen LogP contribution in [0.4, 0.5) is 4.79 Å². The molecule has 1 aliphatic rings. The Labute approximate surface area is 115 Å². The number of carbonyl (C=O) groups excluding carboxylic acids is 1. The van der Waals surface area contributed by atoms with E-state index in [1.807, 2.05) is 5.38 Å². The third kappa shape index (κ3) is 4.20. The second-order valence-corrected chi connectivity index (χ2v) is 5.38. The molecule has 104 valence electrons. The molecule has 19 heavy (non-hydrogen) atoms. The van der Waals surface area contributed by atoms with Crippen molar-refractivity contribution in [2.45, 2.75) is 19.3 Å². The van der Waals surface area contributed by atoms with Gasteiger partial charge in [-0.1, -0.05) is 0 Å². The summed E-state index contributed by atoms with van der Waals surface area (Å²) in [5, 5.41) is 13.5. The summed E-state index contributed by atoms with van der Waals surface area (Å²) in [4.78, 5) is 28.3. The molecule has 0 aromatic carbocycles. The van der Waals surface area contributed by atoms with Gasteiger partial charge < -0.3 is 15.3 Å². The molecule has 1 aliphatic heterocycles. The number of nitrogens with zero attached hydrogens (tertiary/aromatic N) is 2. The van der Waals surface area contributed by atoms with Crippen LogP contribution in [0.1, 0.15) is 18.5 Å². The quantitative estimate of drug-likeness (QED) is 0.850. The van der Waals surface area contributed by atoms with E-state index in [2.05, 4.69) is 10.3 Å². The van der Waals surface area contributed by atoms with Crippen molar-refractivity contribution in [2.24, 2.45) is 5.92 Å². The van der Waals surface area contributed by atoms with Gasteiger partial charge in [-0.3, -0.25) is 4.79 Å². The highest BCUT2D eigenvalue weighted by molar-refractivity contribution is 7.07. The van der Waals surface area contributed by atoms with Crippen LogP contribution in [-0.4, -0.2) is 46.6 Å². The summed E-state index contributed by atoms with van der Waals surface area (Å²) in [5.41, 5.74) is 2.75. The van der Waals surface area contributed by atoms with Gasteiger partial charge in [0.1, 0.15) is 0 Å². The zero-order valence-corrected chi connectivity index (χ0v) is 11.4. The fourth-order valence-corrected chi connectivity index (χ4v) is 2.79. The van der Waals surface area contributed by atoms with Crippen LogP contribution in [0.3, 0.4) is 0 Å². The molecule has 0 bridgehead atoms. The third-order valence-electron chi connectivity index (χ3n) is 3.18. The van der Waals surface area contributed by atoms with Crippen LogP contribution in [0.15, 0.2) is 10.9 Å². The van der Waals surface area contributed by atoms with Crippen molar-refractivity contribution in [3.8, 4) is 0 Å². The summed E-state index contributed by atoms with van der Waals surface area (Å²) < 4.78 is 0.